The first-order valence-electron chi connectivity index (χ1n) is 8.14. The molecular weight excluding hydrogens is 308 g/mol. The lowest BCUT2D eigenvalue weighted by Crippen LogP contribution is -2.12. The van der Waals surface area contributed by atoms with E-state index in [1.165, 1.54) is 0 Å². The summed E-state index contributed by atoms with van der Waals surface area (Å²) in [6, 6.07) is 17.4. The van der Waals surface area contributed by atoms with E-state index in [0.29, 0.717) is 12.5 Å². The lowest BCUT2D eigenvalue weighted by molar-refractivity contribution is 0.0957. The minimum absolute atomic E-state index is 0.0910. The molecule has 3 heteroatoms. The maximum Gasteiger partial charge on any atom is 0.170 e. The number of carbonyl (C=O) groups is 1. The average Bonchev–Trinajstić information content (AvgIpc) is 2.61. The summed E-state index contributed by atoms with van der Waals surface area (Å²) in [6.07, 6.45) is 2.68. The lowest BCUT2D eigenvalue weighted by atomic mass is 9.89. The van der Waals surface area contributed by atoms with Crippen molar-refractivity contribution < 1.29 is 9.53 Å². The molecule has 0 radical (unpaired) electrons. The molecule has 2 aromatic carbocycles. The number of benzene rings is 2. The summed E-state index contributed by atoms with van der Waals surface area (Å²) in [6.45, 7) is 2.70. The van der Waals surface area contributed by atoms with Crippen LogP contribution in [0, 0.1) is 0 Å². The third kappa shape index (κ3) is 5.11. The zero-order valence-electron chi connectivity index (χ0n) is 13.5. The molecular formula is C20H23ClO2. The normalized spacial score (nSPS) is 11.9. The minimum atomic E-state index is -0.0910. The number of Topliss-reactive ketones (excluding diaryl/α,β-unsaturated/α-hetero) is 1. The van der Waals surface area contributed by atoms with Gasteiger partial charge in [-0.15, -0.1) is 11.6 Å². The maximum atomic E-state index is 12.7. The molecule has 23 heavy (non-hydrogen) atoms. The van der Waals surface area contributed by atoms with E-state index in [-0.39, 0.29) is 11.7 Å². The van der Waals surface area contributed by atoms with Crippen LogP contribution < -0.4 is 4.74 Å². The number of hydrogen-bond donors (Lipinski definition) is 0. The van der Waals surface area contributed by atoms with Crippen LogP contribution in [0.15, 0.2) is 54.6 Å². The van der Waals surface area contributed by atoms with Gasteiger partial charge in [0.1, 0.15) is 5.75 Å². The zero-order chi connectivity index (χ0) is 16.5. The Morgan fingerprint density at radius 2 is 1.74 bits per heavy atom. The van der Waals surface area contributed by atoms with Crippen LogP contribution in [0.3, 0.4) is 0 Å². The van der Waals surface area contributed by atoms with Crippen molar-refractivity contribution in [2.75, 3.05) is 12.5 Å². The Morgan fingerprint density at radius 3 is 2.35 bits per heavy atom. The van der Waals surface area contributed by atoms with Crippen molar-refractivity contribution in [3.8, 4) is 5.75 Å². The second-order valence-corrected chi connectivity index (χ2v) is 5.88. The highest BCUT2D eigenvalue weighted by atomic mass is 35.5. The molecule has 0 saturated heterocycles. The van der Waals surface area contributed by atoms with Gasteiger partial charge in [0.15, 0.2) is 5.78 Å². The third-order valence-electron chi connectivity index (χ3n) is 3.86. The van der Waals surface area contributed by atoms with Crippen LogP contribution in [0.4, 0.5) is 0 Å². The van der Waals surface area contributed by atoms with Crippen molar-refractivity contribution in [1.82, 2.24) is 0 Å². The van der Waals surface area contributed by atoms with E-state index in [1.54, 1.807) is 0 Å². The van der Waals surface area contributed by atoms with Crippen LogP contribution in [0.25, 0.3) is 0 Å². The molecule has 0 spiro atoms. The van der Waals surface area contributed by atoms with Gasteiger partial charge in [0.2, 0.25) is 0 Å². The maximum absolute atomic E-state index is 12.7. The predicted molar refractivity (Wildman–Crippen MR) is 95.7 cm³/mol. The van der Waals surface area contributed by atoms with Crippen LogP contribution in [0.1, 0.15) is 48.0 Å². The molecule has 122 valence electrons. The topological polar surface area (TPSA) is 26.3 Å². The first-order valence-corrected chi connectivity index (χ1v) is 8.67. The summed E-state index contributed by atoms with van der Waals surface area (Å²) in [7, 11) is 0. The Kier molecular flexibility index (Phi) is 7.15. The van der Waals surface area contributed by atoms with Crippen LogP contribution in [0.2, 0.25) is 0 Å². The fourth-order valence-electron chi connectivity index (χ4n) is 2.56. The molecule has 0 N–H and O–H groups in total. The number of hydrogen-bond acceptors (Lipinski definition) is 2. The summed E-state index contributed by atoms with van der Waals surface area (Å²) in [5.41, 5.74) is 1.80. The van der Waals surface area contributed by atoms with E-state index >= 15 is 0 Å². The smallest absolute Gasteiger partial charge is 0.170 e. The second kappa shape index (κ2) is 9.36. The monoisotopic (exact) mass is 330 g/mol. The Balaban J connectivity index is 2.01. The molecule has 1 atom stereocenters. The Labute approximate surface area is 143 Å². The Morgan fingerprint density at radius 1 is 1.04 bits per heavy atom. The number of ketones is 1. The first-order chi connectivity index (χ1) is 11.3. The SMILES string of the molecule is CCC(C(=O)c1ccc(OCCCCCl)cc1)c1ccccc1. The van der Waals surface area contributed by atoms with Crippen molar-refractivity contribution >= 4 is 17.4 Å². The van der Waals surface area contributed by atoms with Crippen molar-refractivity contribution in [1.29, 1.82) is 0 Å². The summed E-state index contributed by atoms with van der Waals surface area (Å²) < 4.78 is 5.64. The molecule has 0 aromatic heterocycles. The molecule has 0 fully saturated rings. The highest BCUT2D eigenvalue weighted by Gasteiger charge is 2.19. The number of alkyl halides is 1. The largest absolute Gasteiger partial charge is 0.494 e. The molecule has 2 rings (SSSR count). The molecule has 0 aliphatic carbocycles. The van der Waals surface area contributed by atoms with Gasteiger partial charge in [-0.1, -0.05) is 37.3 Å². The molecule has 0 saturated carbocycles. The van der Waals surface area contributed by atoms with Crippen molar-refractivity contribution in [3.05, 3.63) is 65.7 Å². The number of carbonyl (C=O) groups excluding carboxylic acids is 1. The fourth-order valence-corrected chi connectivity index (χ4v) is 2.75. The van der Waals surface area contributed by atoms with Gasteiger partial charge in [-0.05, 0) is 49.1 Å². The first kappa shape index (κ1) is 17.6. The minimum Gasteiger partial charge on any atom is -0.494 e. The van der Waals surface area contributed by atoms with Gasteiger partial charge in [-0.25, -0.2) is 0 Å². The second-order valence-electron chi connectivity index (χ2n) is 5.50. The van der Waals surface area contributed by atoms with Gasteiger partial charge in [0, 0.05) is 17.4 Å². The highest BCUT2D eigenvalue weighted by Crippen LogP contribution is 2.25. The number of halogens is 1. The average molecular weight is 331 g/mol. The highest BCUT2D eigenvalue weighted by molar-refractivity contribution is 6.17. The molecule has 0 aliphatic heterocycles. The quantitative estimate of drug-likeness (QED) is 0.346. The van der Waals surface area contributed by atoms with Gasteiger partial charge >= 0.3 is 0 Å². The predicted octanol–water partition coefficient (Wildman–Crippen LogP) is 5.46. The van der Waals surface area contributed by atoms with E-state index in [1.807, 2.05) is 61.5 Å². The Bertz CT molecular complexity index is 593. The van der Waals surface area contributed by atoms with Gasteiger partial charge < -0.3 is 4.74 Å². The van der Waals surface area contributed by atoms with E-state index in [4.69, 9.17) is 16.3 Å². The molecule has 0 aliphatic rings. The number of unbranched alkanes of at least 4 members (excludes halogenated alkanes) is 1. The summed E-state index contributed by atoms with van der Waals surface area (Å²) >= 11 is 5.64. The molecule has 1 unspecified atom stereocenters. The molecule has 0 amide bonds. The molecule has 0 bridgehead atoms. The standard InChI is InChI=1S/C20H23ClO2/c1-2-19(16-8-4-3-5-9-16)20(22)17-10-12-18(13-11-17)23-15-7-6-14-21/h3-5,8-13,19H,2,6-7,14-15H2,1H3. The Hall–Kier alpha value is -1.80. The van der Waals surface area contributed by atoms with Gasteiger partial charge in [-0.3, -0.25) is 4.79 Å². The number of rotatable bonds is 9. The van der Waals surface area contributed by atoms with E-state index in [0.717, 1.165) is 36.1 Å². The molecule has 0 heterocycles. The van der Waals surface area contributed by atoms with Gasteiger partial charge in [0.25, 0.3) is 0 Å². The van der Waals surface area contributed by atoms with Crippen LogP contribution in [-0.2, 0) is 0 Å². The third-order valence-corrected chi connectivity index (χ3v) is 4.13. The summed E-state index contributed by atoms with van der Waals surface area (Å²) in [5.74, 6) is 1.53. The van der Waals surface area contributed by atoms with E-state index in [9.17, 15) is 4.79 Å². The summed E-state index contributed by atoms with van der Waals surface area (Å²) in [5, 5.41) is 0. The van der Waals surface area contributed by atoms with Crippen LogP contribution in [0.5, 0.6) is 5.75 Å². The molecule has 2 nitrogen and oxygen atoms in total. The number of ether oxygens (including phenoxy) is 1. The van der Waals surface area contributed by atoms with Crippen LogP contribution in [-0.4, -0.2) is 18.3 Å². The van der Waals surface area contributed by atoms with E-state index < -0.39 is 0 Å². The van der Waals surface area contributed by atoms with Crippen molar-refractivity contribution in [3.63, 3.8) is 0 Å². The fraction of sp³-hybridized carbons (Fsp3) is 0.350. The van der Waals surface area contributed by atoms with E-state index in [2.05, 4.69) is 0 Å². The molecule has 2 aromatic rings. The summed E-state index contributed by atoms with van der Waals surface area (Å²) in [4.78, 5) is 12.7. The van der Waals surface area contributed by atoms with Crippen LogP contribution >= 0.6 is 11.6 Å². The lowest BCUT2D eigenvalue weighted by Gasteiger charge is -2.14. The van der Waals surface area contributed by atoms with Crippen molar-refractivity contribution in [2.24, 2.45) is 0 Å². The zero-order valence-corrected chi connectivity index (χ0v) is 14.3. The van der Waals surface area contributed by atoms with Gasteiger partial charge in [-0.2, -0.15) is 0 Å². The van der Waals surface area contributed by atoms with Gasteiger partial charge in [0.05, 0.1) is 6.61 Å². The van der Waals surface area contributed by atoms with Crippen molar-refractivity contribution in [2.45, 2.75) is 32.1 Å².